The number of hydrogen-bond acceptors (Lipinski definition) is 4. The molecule has 2 amide bonds. The van der Waals surface area contributed by atoms with Crippen LogP contribution in [0.15, 0.2) is 24.4 Å². The Hall–Kier alpha value is -2.54. The van der Waals surface area contributed by atoms with Crippen molar-refractivity contribution in [1.82, 2.24) is 9.78 Å². The van der Waals surface area contributed by atoms with E-state index in [1.807, 2.05) is 10.7 Å². The number of benzene rings is 1. The summed E-state index contributed by atoms with van der Waals surface area (Å²) in [4.78, 5) is 23.1. The van der Waals surface area contributed by atoms with Gasteiger partial charge in [0.05, 0.1) is 11.2 Å². The molecule has 8 heteroatoms. The van der Waals surface area contributed by atoms with Gasteiger partial charge in [0.25, 0.3) is 5.91 Å². The first-order valence-electron chi connectivity index (χ1n) is 8.55. The summed E-state index contributed by atoms with van der Waals surface area (Å²) in [6.45, 7) is 2.64. The standard InChI is InChI=1S/C18H21ClN4O3/c1-2-3-6-23-18-13(9-21-23)12(8-17(25)22-18)11-4-5-15(14(19)7-11)26-10-16(20)24/h4-5,7,9,12H,2-3,6,8,10H2,1H3,(H2,20,24)(H,22,25)/t12-/m1/s1. The average molecular weight is 377 g/mol. The number of amides is 2. The van der Waals surface area contributed by atoms with Crippen LogP contribution in [0.2, 0.25) is 5.02 Å². The van der Waals surface area contributed by atoms with Crippen LogP contribution < -0.4 is 15.8 Å². The van der Waals surface area contributed by atoms with Crippen LogP contribution in [0.1, 0.15) is 43.2 Å². The monoisotopic (exact) mass is 376 g/mol. The topological polar surface area (TPSA) is 99.2 Å². The number of fused-ring (bicyclic) bond motifs is 1. The van der Waals surface area contributed by atoms with Gasteiger partial charge in [-0.15, -0.1) is 0 Å². The van der Waals surface area contributed by atoms with Crippen molar-refractivity contribution in [2.45, 2.75) is 38.6 Å². The smallest absolute Gasteiger partial charge is 0.255 e. The number of unbranched alkanes of at least 4 members (excludes halogenated alkanes) is 1. The lowest BCUT2D eigenvalue weighted by molar-refractivity contribution is -0.120. The van der Waals surface area contributed by atoms with Gasteiger partial charge in [-0.1, -0.05) is 31.0 Å². The lowest BCUT2D eigenvalue weighted by Gasteiger charge is -2.24. The molecule has 26 heavy (non-hydrogen) atoms. The number of anilines is 1. The molecule has 0 spiro atoms. The van der Waals surface area contributed by atoms with Crippen molar-refractivity contribution < 1.29 is 14.3 Å². The van der Waals surface area contributed by atoms with Crippen LogP contribution in [0.5, 0.6) is 5.75 Å². The number of nitrogens with zero attached hydrogens (tertiary/aromatic N) is 2. The first kappa shape index (κ1) is 18.3. The molecule has 0 unspecified atom stereocenters. The summed E-state index contributed by atoms with van der Waals surface area (Å²) in [7, 11) is 0. The van der Waals surface area contributed by atoms with Crippen molar-refractivity contribution in [3.05, 3.63) is 40.5 Å². The van der Waals surface area contributed by atoms with Crippen molar-refractivity contribution in [3.63, 3.8) is 0 Å². The molecule has 0 aliphatic carbocycles. The lowest BCUT2D eigenvalue weighted by Crippen LogP contribution is -2.25. The summed E-state index contributed by atoms with van der Waals surface area (Å²) in [6.07, 6.45) is 4.17. The maximum Gasteiger partial charge on any atom is 0.255 e. The largest absolute Gasteiger partial charge is 0.482 e. The van der Waals surface area contributed by atoms with E-state index in [1.54, 1.807) is 18.3 Å². The number of halogens is 1. The second kappa shape index (κ2) is 7.78. The quantitative estimate of drug-likeness (QED) is 0.775. The Labute approximate surface area is 156 Å². The third-order valence-electron chi connectivity index (χ3n) is 4.34. The Balaban J connectivity index is 1.88. The Morgan fingerprint density at radius 3 is 3.00 bits per heavy atom. The van der Waals surface area contributed by atoms with Gasteiger partial charge >= 0.3 is 0 Å². The van der Waals surface area contributed by atoms with E-state index in [0.717, 1.165) is 36.3 Å². The maximum atomic E-state index is 12.2. The summed E-state index contributed by atoms with van der Waals surface area (Å²) in [5.41, 5.74) is 6.95. The highest BCUT2D eigenvalue weighted by molar-refractivity contribution is 6.32. The average Bonchev–Trinajstić information content (AvgIpc) is 3.00. The first-order chi connectivity index (χ1) is 12.5. The fourth-order valence-electron chi connectivity index (χ4n) is 3.04. The van der Waals surface area contributed by atoms with Gasteiger partial charge in [-0.3, -0.25) is 9.59 Å². The molecule has 7 nitrogen and oxygen atoms in total. The van der Waals surface area contributed by atoms with Crippen molar-refractivity contribution in [2.75, 3.05) is 11.9 Å². The van der Waals surface area contributed by atoms with Crippen LogP contribution in [0.25, 0.3) is 0 Å². The fraction of sp³-hybridized carbons (Fsp3) is 0.389. The molecule has 1 aliphatic heterocycles. The summed E-state index contributed by atoms with van der Waals surface area (Å²) >= 11 is 6.27. The van der Waals surface area contributed by atoms with E-state index in [9.17, 15) is 9.59 Å². The number of primary amides is 1. The molecule has 2 aromatic rings. The summed E-state index contributed by atoms with van der Waals surface area (Å²) < 4.78 is 7.12. The van der Waals surface area contributed by atoms with Crippen LogP contribution >= 0.6 is 11.6 Å². The van der Waals surface area contributed by atoms with Crippen LogP contribution in [0.3, 0.4) is 0 Å². The minimum Gasteiger partial charge on any atom is -0.482 e. The van der Waals surface area contributed by atoms with Crippen molar-refractivity contribution in [3.8, 4) is 5.75 Å². The van der Waals surface area contributed by atoms with Gasteiger partial charge in [0.1, 0.15) is 11.6 Å². The molecule has 0 bridgehead atoms. The molecule has 0 saturated carbocycles. The van der Waals surface area contributed by atoms with Gasteiger partial charge in [-0.05, 0) is 24.1 Å². The maximum absolute atomic E-state index is 12.2. The zero-order valence-electron chi connectivity index (χ0n) is 14.5. The molecule has 3 N–H and O–H groups in total. The highest BCUT2D eigenvalue weighted by Crippen LogP contribution is 2.39. The Bertz CT molecular complexity index is 834. The van der Waals surface area contributed by atoms with E-state index >= 15 is 0 Å². The van der Waals surface area contributed by atoms with E-state index < -0.39 is 5.91 Å². The zero-order chi connectivity index (χ0) is 18.7. The minimum atomic E-state index is -0.571. The van der Waals surface area contributed by atoms with Gasteiger partial charge in [0.15, 0.2) is 6.61 Å². The summed E-state index contributed by atoms with van der Waals surface area (Å²) in [5, 5.41) is 7.73. The molecule has 1 atom stereocenters. The Morgan fingerprint density at radius 1 is 1.50 bits per heavy atom. The molecule has 0 saturated heterocycles. The number of ether oxygens (including phenoxy) is 1. The predicted octanol–water partition coefficient (Wildman–Crippen LogP) is 2.67. The van der Waals surface area contributed by atoms with E-state index in [1.165, 1.54) is 0 Å². The fourth-order valence-corrected chi connectivity index (χ4v) is 3.29. The van der Waals surface area contributed by atoms with Gasteiger partial charge in [-0.25, -0.2) is 4.68 Å². The molecule has 0 fully saturated rings. The van der Waals surface area contributed by atoms with Gasteiger partial charge in [-0.2, -0.15) is 5.10 Å². The Kier molecular flexibility index (Phi) is 5.46. The van der Waals surface area contributed by atoms with Crippen molar-refractivity contribution in [2.24, 2.45) is 5.73 Å². The summed E-state index contributed by atoms with van der Waals surface area (Å²) in [5.74, 6) is 0.388. The van der Waals surface area contributed by atoms with E-state index in [2.05, 4.69) is 17.3 Å². The number of carbonyl (C=O) groups excluding carboxylic acids is 2. The predicted molar refractivity (Wildman–Crippen MR) is 98.4 cm³/mol. The number of aromatic nitrogens is 2. The number of aryl methyl sites for hydroxylation is 1. The SMILES string of the molecule is CCCCn1ncc2c1NC(=O)C[C@@H]2c1ccc(OCC(N)=O)c(Cl)c1. The first-order valence-corrected chi connectivity index (χ1v) is 8.93. The number of nitrogens with two attached hydrogens (primary N) is 1. The van der Waals surface area contributed by atoms with Gasteiger partial charge in [0, 0.05) is 24.4 Å². The molecular weight excluding hydrogens is 356 g/mol. The Morgan fingerprint density at radius 2 is 2.31 bits per heavy atom. The third kappa shape index (κ3) is 3.83. The normalized spacial score (nSPS) is 16.1. The van der Waals surface area contributed by atoms with Gasteiger partial charge < -0.3 is 15.8 Å². The highest BCUT2D eigenvalue weighted by atomic mass is 35.5. The number of hydrogen-bond donors (Lipinski definition) is 2. The molecule has 1 aromatic heterocycles. The van der Waals surface area contributed by atoms with E-state index in [-0.39, 0.29) is 18.4 Å². The summed E-state index contributed by atoms with van der Waals surface area (Å²) in [6, 6.07) is 5.29. The number of nitrogens with one attached hydrogen (secondary N) is 1. The second-order valence-electron chi connectivity index (χ2n) is 6.27. The minimum absolute atomic E-state index is 0.0501. The van der Waals surface area contributed by atoms with E-state index in [4.69, 9.17) is 22.1 Å². The van der Waals surface area contributed by atoms with Gasteiger partial charge in [0.2, 0.25) is 5.91 Å². The molecule has 3 rings (SSSR count). The molecule has 1 aromatic carbocycles. The van der Waals surface area contributed by atoms with Crippen LogP contribution in [-0.2, 0) is 16.1 Å². The van der Waals surface area contributed by atoms with Crippen LogP contribution in [0.4, 0.5) is 5.82 Å². The molecule has 0 radical (unpaired) electrons. The van der Waals surface area contributed by atoms with Crippen LogP contribution in [-0.4, -0.2) is 28.2 Å². The van der Waals surface area contributed by atoms with Crippen molar-refractivity contribution in [1.29, 1.82) is 0 Å². The molecule has 1 aliphatic rings. The molecule has 2 heterocycles. The number of rotatable bonds is 7. The number of carbonyl (C=O) groups is 2. The van der Waals surface area contributed by atoms with E-state index in [0.29, 0.717) is 17.2 Å². The zero-order valence-corrected chi connectivity index (χ0v) is 15.3. The lowest BCUT2D eigenvalue weighted by atomic mass is 9.87. The third-order valence-corrected chi connectivity index (χ3v) is 4.64. The second-order valence-corrected chi connectivity index (χ2v) is 6.68. The molecular formula is C18H21ClN4O3. The molecule has 138 valence electrons. The van der Waals surface area contributed by atoms with Crippen molar-refractivity contribution >= 4 is 29.2 Å². The van der Waals surface area contributed by atoms with Crippen LogP contribution in [0, 0.1) is 0 Å². The highest BCUT2D eigenvalue weighted by Gasteiger charge is 2.30.